The highest BCUT2D eigenvalue weighted by Gasteiger charge is 2.29. The lowest BCUT2D eigenvalue weighted by molar-refractivity contribution is 1.02. The van der Waals surface area contributed by atoms with Crippen LogP contribution in [0.5, 0.6) is 0 Å². The number of aromatic nitrogens is 2. The Kier molecular flexibility index (Phi) is 3.65. The average Bonchev–Trinajstić information content (AvgIpc) is 3.37. The van der Waals surface area contributed by atoms with E-state index in [-0.39, 0.29) is 5.92 Å². The van der Waals surface area contributed by atoms with E-state index in [1.807, 2.05) is 12.3 Å². The Morgan fingerprint density at radius 1 is 0.594 bits per heavy atom. The molecular formula is C30H20N2. The predicted molar refractivity (Wildman–Crippen MR) is 131 cm³/mol. The first-order valence-electron chi connectivity index (χ1n) is 11.0. The van der Waals surface area contributed by atoms with Crippen LogP contribution in [0.1, 0.15) is 22.6 Å². The van der Waals surface area contributed by atoms with Gasteiger partial charge in [0, 0.05) is 23.2 Å². The maximum absolute atomic E-state index is 4.73. The molecule has 0 unspecified atom stereocenters. The summed E-state index contributed by atoms with van der Waals surface area (Å²) in [6.45, 7) is 0. The minimum atomic E-state index is 0.238. The molecule has 0 saturated carbocycles. The number of fused-ring (bicyclic) bond motifs is 6. The topological polar surface area (TPSA) is 17.8 Å². The Labute approximate surface area is 186 Å². The maximum atomic E-state index is 4.73. The fourth-order valence-corrected chi connectivity index (χ4v) is 5.40. The minimum Gasteiger partial charge on any atom is -0.308 e. The quantitative estimate of drug-likeness (QED) is 0.293. The van der Waals surface area contributed by atoms with Gasteiger partial charge < -0.3 is 4.57 Å². The summed E-state index contributed by atoms with van der Waals surface area (Å²) in [6, 6.07) is 39.3. The van der Waals surface area contributed by atoms with Gasteiger partial charge in [0.15, 0.2) is 0 Å². The van der Waals surface area contributed by atoms with Crippen LogP contribution >= 0.6 is 0 Å². The monoisotopic (exact) mass is 408 g/mol. The molecule has 32 heavy (non-hydrogen) atoms. The van der Waals surface area contributed by atoms with Gasteiger partial charge in [-0.1, -0.05) is 78.9 Å². The molecule has 1 aliphatic carbocycles. The summed E-state index contributed by atoms with van der Waals surface area (Å²) in [5, 5.41) is 1.19. The molecule has 0 bridgehead atoms. The highest BCUT2D eigenvalue weighted by molar-refractivity contribution is 6.07. The van der Waals surface area contributed by atoms with Crippen molar-refractivity contribution in [2.24, 2.45) is 0 Å². The van der Waals surface area contributed by atoms with Crippen molar-refractivity contribution in [2.75, 3.05) is 0 Å². The highest BCUT2D eigenvalue weighted by Crippen LogP contribution is 2.48. The van der Waals surface area contributed by atoms with Crippen molar-refractivity contribution in [3.63, 3.8) is 0 Å². The van der Waals surface area contributed by atoms with Crippen LogP contribution in [0.15, 0.2) is 115 Å². The lowest BCUT2D eigenvalue weighted by Crippen LogP contribution is -2.00. The summed E-state index contributed by atoms with van der Waals surface area (Å²) in [5.41, 5.74) is 11.3. The Morgan fingerprint density at radius 3 is 2.03 bits per heavy atom. The fraction of sp³-hybridized carbons (Fsp3) is 0.0333. The van der Waals surface area contributed by atoms with Gasteiger partial charge in [0.25, 0.3) is 0 Å². The zero-order valence-electron chi connectivity index (χ0n) is 17.4. The van der Waals surface area contributed by atoms with E-state index in [0.717, 1.165) is 16.7 Å². The summed E-state index contributed by atoms with van der Waals surface area (Å²) in [4.78, 5) is 4.73. The van der Waals surface area contributed by atoms with Crippen LogP contribution in [-0.4, -0.2) is 9.55 Å². The Hall–Kier alpha value is -4.17. The molecule has 2 heteroatoms. The van der Waals surface area contributed by atoms with Crippen LogP contribution in [0.25, 0.3) is 38.8 Å². The third kappa shape index (κ3) is 2.38. The molecular weight excluding hydrogens is 388 g/mol. The van der Waals surface area contributed by atoms with Crippen molar-refractivity contribution in [1.29, 1.82) is 0 Å². The van der Waals surface area contributed by atoms with E-state index in [1.54, 1.807) is 0 Å². The van der Waals surface area contributed by atoms with Gasteiger partial charge in [-0.3, -0.25) is 4.98 Å². The summed E-state index contributed by atoms with van der Waals surface area (Å²) >= 11 is 0. The molecule has 2 aromatic heterocycles. The number of pyridine rings is 1. The number of benzene rings is 4. The Balaban J connectivity index is 1.54. The molecule has 0 spiro atoms. The lowest BCUT2D eigenvalue weighted by Gasteiger charge is -2.15. The van der Waals surface area contributed by atoms with Gasteiger partial charge in [-0.2, -0.15) is 0 Å². The Morgan fingerprint density at radius 2 is 1.28 bits per heavy atom. The molecule has 6 aromatic rings. The molecule has 0 amide bonds. The molecule has 0 aliphatic heterocycles. The number of nitrogens with zero attached hydrogens (tertiary/aromatic N) is 2. The van der Waals surface area contributed by atoms with Gasteiger partial charge in [-0.25, -0.2) is 0 Å². The summed E-state index contributed by atoms with van der Waals surface area (Å²) in [5.74, 6) is 0.238. The van der Waals surface area contributed by atoms with E-state index in [0.29, 0.717) is 0 Å². The second kappa shape index (κ2) is 6.66. The van der Waals surface area contributed by atoms with Crippen molar-refractivity contribution in [3.05, 3.63) is 132 Å². The molecule has 4 aromatic carbocycles. The molecule has 150 valence electrons. The molecule has 7 rings (SSSR count). The van der Waals surface area contributed by atoms with E-state index in [9.17, 15) is 0 Å². The van der Waals surface area contributed by atoms with E-state index >= 15 is 0 Å². The molecule has 0 fully saturated rings. The normalized spacial score (nSPS) is 12.9. The summed E-state index contributed by atoms with van der Waals surface area (Å²) in [6.07, 6.45) is 1.88. The van der Waals surface area contributed by atoms with Crippen molar-refractivity contribution in [3.8, 4) is 16.8 Å². The molecule has 2 heterocycles. The second-order valence-corrected chi connectivity index (χ2v) is 8.43. The molecule has 0 atom stereocenters. The van der Waals surface area contributed by atoms with Gasteiger partial charge in [0.05, 0.1) is 16.6 Å². The third-order valence-electron chi connectivity index (χ3n) is 6.73. The van der Waals surface area contributed by atoms with Gasteiger partial charge in [0.1, 0.15) is 0 Å². The van der Waals surface area contributed by atoms with Crippen LogP contribution in [0, 0.1) is 0 Å². The third-order valence-corrected chi connectivity index (χ3v) is 6.73. The average molecular weight is 409 g/mol. The largest absolute Gasteiger partial charge is 0.308 e. The van der Waals surface area contributed by atoms with Crippen LogP contribution in [-0.2, 0) is 0 Å². The number of para-hydroxylation sites is 1. The number of hydrogen-bond acceptors (Lipinski definition) is 1. The summed E-state index contributed by atoms with van der Waals surface area (Å²) < 4.78 is 2.34. The van der Waals surface area contributed by atoms with Crippen molar-refractivity contribution in [1.82, 2.24) is 9.55 Å². The van der Waals surface area contributed by atoms with Crippen LogP contribution in [0.2, 0.25) is 0 Å². The smallest absolute Gasteiger partial charge is 0.0963 e. The SMILES string of the molecule is c1ccc(-n2c3cc(C4c5ccccc5-c5ccccc54)ccc3c3ncccc32)cc1. The van der Waals surface area contributed by atoms with Crippen molar-refractivity contribution < 1.29 is 0 Å². The standard InChI is InChI=1S/C30H20N2/c1-2-9-21(10-3-1)32-27-15-8-18-31-30(27)26-17-16-20(19-28(26)32)29-24-13-6-4-11-22(24)23-12-5-7-14-25(23)29/h1-19,29H. The fourth-order valence-electron chi connectivity index (χ4n) is 5.40. The highest BCUT2D eigenvalue weighted by atomic mass is 15.0. The van der Waals surface area contributed by atoms with Crippen molar-refractivity contribution >= 4 is 21.9 Å². The molecule has 1 aliphatic rings. The zero-order chi connectivity index (χ0) is 21.1. The van der Waals surface area contributed by atoms with E-state index in [1.165, 1.54) is 38.7 Å². The lowest BCUT2D eigenvalue weighted by atomic mass is 9.89. The van der Waals surface area contributed by atoms with Gasteiger partial charge in [0.2, 0.25) is 0 Å². The number of rotatable bonds is 2. The predicted octanol–water partition coefficient (Wildman–Crippen LogP) is 7.34. The van der Waals surface area contributed by atoms with Gasteiger partial charge >= 0.3 is 0 Å². The molecule has 2 nitrogen and oxygen atoms in total. The van der Waals surface area contributed by atoms with Crippen molar-refractivity contribution in [2.45, 2.75) is 5.92 Å². The van der Waals surface area contributed by atoms with E-state index in [4.69, 9.17) is 4.98 Å². The Bertz CT molecular complexity index is 1580. The van der Waals surface area contributed by atoms with Gasteiger partial charge in [-0.05, 0) is 58.1 Å². The second-order valence-electron chi connectivity index (χ2n) is 8.43. The molecule has 0 saturated heterocycles. The van der Waals surface area contributed by atoms with E-state index in [2.05, 4.69) is 108 Å². The zero-order valence-corrected chi connectivity index (χ0v) is 17.4. The minimum absolute atomic E-state index is 0.238. The van der Waals surface area contributed by atoms with Crippen LogP contribution in [0.3, 0.4) is 0 Å². The molecule has 0 N–H and O–H groups in total. The first-order chi connectivity index (χ1) is 15.9. The van der Waals surface area contributed by atoms with Gasteiger partial charge in [-0.15, -0.1) is 0 Å². The maximum Gasteiger partial charge on any atom is 0.0963 e. The van der Waals surface area contributed by atoms with Crippen LogP contribution < -0.4 is 0 Å². The first kappa shape index (κ1) is 17.5. The summed E-state index contributed by atoms with van der Waals surface area (Å²) in [7, 11) is 0. The van der Waals surface area contributed by atoms with Crippen LogP contribution in [0.4, 0.5) is 0 Å². The number of hydrogen-bond donors (Lipinski definition) is 0. The van der Waals surface area contributed by atoms with E-state index < -0.39 is 0 Å². The first-order valence-corrected chi connectivity index (χ1v) is 11.0. The molecule has 0 radical (unpaired) electrons.